The van der Waals surface area contributed by atoms with Crippen molar-refractivity contribution in [2.45, 2.75) is 85.2 Å². The van der Waals surface area contributed by atoms with E-state index in [0.29, 0.717) is 0 Å². The quantitative estimate of drug-likeness (QED) is 0.400. The molecule has 1 unspecified atom stereocenters. The van der Waals surface area contributed by atoms with Crippen molar-refractivity contribution in [1.82, 2.24) is 4.90 Å². The average Bonchev–Trinajstić information content (AvgIpc) is 2.78. The molecule has 170 valence electrons. The second kappa shape index (κ2) is 11.5. The Morgan fingerprint density at radius 2 is 1.84 bits per heavy atom. The van der Waals surface area contributed by atoms with Gasteiger partial charge in [-0.05, 0) is 82.2 Å². The maximum Gasteiger partial charge on any atom is 0.135 e. The van der Waals surface area contributed by atoms with Gasteiger partial charge >= 0.3 is 0 Å². The van der Waals surface area contributed by atoms with Crippen LogP contribution >= 0.6 is 0 Å². The van der Waals surface area contributed by atoms with E-state index in [2.05, 4.69) is 75.2 Å². The van der Waals surface area contributed by atoms with Gasteiger partial charge in [0.05, 0.1) is 12.7 Å². The van der Waals surface area contributed by atoms with Crippen molar-refractivity contribution in [2.75, 3.05) is 25.0 Å². The van der Waals surface area contributed by atoms with Crippen LogP contribution in [0.3, 0.4) is 0 Å². The molecular weight excluding hydrogens is 382 g/mol. The predicted molar refractivity (Wildman–Crippen MR) is 133 cm³/mol. The Bertz CT molecular complexity index is 796. The highest BCUT2D eigenvalue weighted by Gasteiger charge is 2.20. The molecule has 1 aliphatic heterocycles. The number of hydrogen-bond donors (Lipinski definition) is 1. The number of ether oxygens (including phenoxy) is 1. The lowest BCUT2D eigenvalue weighted by Crippen LogP contribution is -2.40. The molecule has 0 bridgehead atoms. The van der Waals surface area contributed by atoms with Gasteiger partial charge in [0.15, 0.2) is 0 Å². The van der Waals surface area contributed by atoms with Crippen molar-refractivity contribution in [3.8, 4) is 0 Å². The summed E-state index contributed by atoms with van der Waals surface area (Å²) in [7, 11) is 0. The lowest BCUT2D eigenvalue weighted by molar-refractivity contribution is -0.00627. The van der Waals surface area contributed by atoms with E-state index in [1.165, 1.54) is 48.8 Å². The van der Waals surface area contributed by atoms with Gasteiger partial charge in [-0.2, -0.15) is 0 Å². The molecule has 3 rings (SSSR count). The summed E-state index contributed by atoms with van der Waals surface area (Å²) in [6, 6.07) is 9.05. The van der Waals surface area contributed by atoms with Crippen LogP contribution < -0.4 is 5.32 Å². The molecule has 4 heteroatoms. The molecule has 1 aromatic carbocycles. The van der Waals surface area contributed by atoms with Gasteiger partial charge in [-0.1, -0.05) is 43.9 Å². The van der Waals surface area contributed by atoms with E-state index >= 15 is 0 Å². The van der Waals surface area contributed by atoms with Crippen molar-refractivity contribution in [3.05, 3.63) is 52.9 Å². The van der Waals surface area contributed by atoms with Crippen LogP contribution in [0, 0.1) is 0 Å². The number of benzene rings is 1. The minimum Gasteiger partial charge on any atom is -0.375 e. The molecule has 1 atom stereocenters. The van der Waals surface area contributed by atoms with Gasteiger partial charge < -0.3 is 15.0 Å². The Morgan fingerprint density at radius 3 is 2.45 bits per heavy atom. The number of allylic oxidation sites excluding steroid dienone is 2. The van der Waals surface area contributed by atoms with E-state index in [0.717, 1.165) is 49.4 Å². The molecule has 1 aromatic rings. The van der Waals surface area contributed by atoms with Crippen molar-refractivity contribution >= 4 is 11.5 Å². The first-order chi connectivity index (χ1) is 15.0. The summed E-state index contributed by atoms with van der Waals surface area (Å²) in [4.78, 5) is 7.48. The number of aliphatic imine (C=N–C) groups is 1. The van der Waals surface area contributed by atoms with Crippen LogP contribution in [0.15, 0.2) is 52.3 Å². The molecule has 2 fully saturated rings. The normalized spacial score (nSPS) is 21.2. The lowest BCUT2D eigenvalue weighted by Gasteiger charge is -2.33. The average molecular weight is 424 g/mol. The molecule has 1 N–H and O–H groups in total. The zero-order valence-electron chi connectivity index (χ0n) is 20.2. The van der Waals surface area contributed by atoms with Crippen molar-refractivity contribution in [2.24, 2.45) is 4.99 Å². The first kappa shape index (κ1) is 23.6. The molecule has 31 heavy (non-hydrogen) atoms. The van der Waals surface area contributed by atoms with Crippen LogP contribution in [0.5, 0.6) is 0 Å². The molecule has 1 saturated heterocycles. The second-order valence-electron chi connectivity index (χ2n) is 9.27. The Morgan fingerprint density at radius 1 is 1.13 bits per heavy atom. The molecule has 1 aliphatic carbocycles. The van der Waals surface area contributed by atoms with E-state index in [9.17, 15) is 0 Å². The fourth-order valence-corrected chi connectivity index (χ4v) is 4.42. The first-order valence-electron chi connectivity index (χ1n) is 12.1. The Hall–Kier alpha value is -2.07. The van der Waals surface area contributed by atoms with Gasteiger partial charge in [0.25, 0.3) is 0 Å². The molecule has 0 radical (unpaired) electrons. The Labute approximate surface area is 189 Å². The monoisotopic (exact) mass is 423 g/mol. The van der Waals surface area contributed by atoms with E-state index in [1.54, 1.807) is 0 Å². The van der Waals surface area contributed by atoms with Crippen LogP contribution in [0.1, 0.15) is 84.6 Å². The number of hydrogen-bond acceptors (Lipinski definition) is 3. The van der Waals surface area contributed by atoms with Crippen molar-refractivity contribution in [1.29, 1.82) is 0 Å². The summed E-state index contributed by atoms with van der Waals surface area (Å²) in [6.07, 6.45) is 10.2. The van der Waals surface area contributed by atoms with Gasteiger partial charge in [0.2, 0.25) is 0 Å². The number of morpholine rings is 1. The molecule has 1 saturated carbocycles. The summed E-state index contributed by atoms with van der Waals surface area (Å²) in [5, 5.41) is 3.62. The highest BCUT2D eigenvalue weighted by Crippen LogP contribution is 2.33. The third-order valence-corrected chi connectivity index (χ3v) is 6.53. The fourth-order valence-electron chi connectivity index (χ4n) is 4.42. The van der Waals surface area contributed by atoms with Crippen LogP contribution in [-0.4, -0.2) is 36.5 Å². The first-order valence-corrected chi connectivity index (χ1v) is 12.1. The van der Waals surface area contributed by atoms with Gasteiger partial charge in [-0.3, -0.25) is 0 Å². The summed E-state index contributed by atoms with van der Waals surface area (Å²) < 4.78 is 5.74. The Kier molecular flexibility index (Phi) is 8.77. The highest BCUT2D eigenvalue weighted by molar-refractivity contribution is 6.08. The summed E-state index contributed by atoms with van der Waals surface area (Å²) in [6.45, 7) is 13.3. The minimum absolute atomic E-state index is 0.234. The molecule has 2 aliphatic rings. The van der Waals surface area contributed by atoms with Crippen LogP contribution in [0.25, 0.3) is 0 Å². The molecular formula is C27H41N3O. The number of nitrogens with one attached hydrogen (secondary N) is 1. The lowest BCUT2D eigenvalue weighted by atomic mass is 9.84. The van der Waals surface area contributed by atoms with E-state index in [-0.39, 0.29) is 6.10 Å². The number of rotatable bonds is 6. The van der Waals surface area contributed by atoms with Gasteiger partial charge in [-0.15, -0.1) is 0 Å². The standard InChI is InChI=1S/C27H41N3O/c1-6-10-26(30-17-18-31-21(4)19-30)29-27(22(5)20(2)3)28-25-15-13-24(14-16-25)23-11-8-7-9-12-23/h10,13-16,21,23H,6-9,11-12,17-19H2,1-5H3,(H,28,29)/b26-10-. The topological polar surface area (TPSA) is 36.9 Å². The summed E-state index contributed by atoms with van der Waals surface area (Å²) in [5.74, 6) is 2.71. The van der Waals surface area contributed by atoms with Gasteiger partial charge in [0, 0.05) is 18.8 Å². The second-order valence-corrected chi connectivity index (χ2v) is 9.27. The zero-order chi connectivity index (χ0) is 22.2. The van der Waals surface area contributed by atoms with Gasteiger partial charge in [-0.25, -0.2) is 4.99 Å². The smallest absolute Gasteiger partial charge is 0.135 e. The third-order valence-electron chi connectivity index (χ3n) is 6.53. The van der Waals surface area contributed by atoms with Crippen molar-refractivity contribution < 1.29 is 4.74 Å². The summed E-state index contributed by atoms with van der Waals surface area (Å²) in [5.41, 5.74) is 5.05. The van der Waals surface area contributed by atoms with Crippen LogP contribution in [0.4, 0.5) is 5.69 Å². The van der Waals surface area contributed by atoms with E-state index in [1.807, 2.05) is 0 Å². The highest BCUT2D eigenvalue weighted by atomic mass is 16.5. The Balaban J connectivity index is 1.83. The van der Waals surface area contributed by atoms with Crippen LogP contribution in [-0.2, 0) is 4.74 Å². The minimum atomic E-state index is 0.234. The third kappa shape index (κ3) is 6.70. The molecule has 0 spiro atoms. The largest absolute Gasteiger partial charge is 0.375 e. The fraction of sp³-hybridized carbons (Fsp3) is 0.593. The molecule has 0 amide bonds. The van der Waals surface area contributed by atoms with E-state index in [4.69, 9.17) is 9.73 Å². The SMILES string of the molecule is CC/C=C(/N=C(/Nc1ccc(C2CCCCC2)cc1)C(C)=C(C)C)N1CCOC(C)C1. The molecule has 0 aromatic heterocycles. The maximum atomic E-state index is 5.74. The van der Waals surface area contributed by atoms with Gasteiger partial charge in [0.1, 0.15) is 11.7 Å². The maximum absolute atomic E-state index is 5.74. The number of amidine groups is 1. The molecule has 1 heterocycles. The molecule has 4 nitrogen and oxygen atoms in total. The van der Waals surface area contributed by atoms with Crippen LogP contribution in [0.2, 0.25) is 0 Å². The predicted octanol–water partition coefficient (Wildman–Crippen LogP) is 6.87. The summed E-state index contributed by atoms with van der Waals surface area (Å²) >= 11 is 0. The number of nitrogens with zero attached hydrogens (tertiary/aromatic N) is 2. The van der Waals surface area contributed by atoms with Crippen molar-refractivity contribution in [3.63, 3.8) is 0 Å². The number of anilines is 1. The zero-order valence-corrected chi connectivity index (χ0v) is 20.2. The van der Waals surface area contributed by atoms with E-state index < -0.39 is 0 Å².